The van der Waals surface area contributed by atoms with Crippen LogP contribution in [0.3, 0.4) is 0 Å². The minimum atomic E-state index is -3.39. The van der Waals surface area contributed by atoms with Crippen LogP contribution in [0.25, 0.3) is 0 Å². The van der Waals surface area contributed by atoms with E-state index in [4.69, 9.17) is 0 Å². The van der Waals surface area contributed by atoms with Crippen molar-refractivity contribution in [2.45, 2.75) is 25.5 Å². The van der Waals surface area contributed by atoms with Crippen molar-refractivity contribution in [2.24, 2.45) is 5.92 Å². The molecule has 1 saturated heterocycles. The Kier molecular flexibility index (Phi) is 6.00. The highest BCUT2D eigenvalue weighted by Crippen LogP contribution is 2.20. The SMILES string of the molecule is Cc1nnsc1C(=O)N1CCC[C@H](CNS(=O)(=O)Cc2ccccc2)C1. The molecule has 0 unspecified atom stereocenters. The van der Waals surface area contributed by atoms with Gasteiger partial charge in [-0.3, -0.25) is 4.79 Å². The smallest absolute Gasteiger partial charge is 0.267 e. The lowest BCUT2D eigenvalue weighted by atomic mass is 9.98. The molecule has 140 valence electrons. The zero-order valence-corrected chi connectivity index (χ0v) is 16.2. The Balaban J connectivity index is 1.55. The van der Waals surface area contributed by atoms with Crippen LogP contribution in [-0.4, -0.2) is 48.4 Å². The van der Waals surface area contributed by atoms with Gasteiger partial charge in [0.2, 0.25) is 10.0 Å². The topological polar surface area (TPSA) is 92.3 Å². The fraction of sp³-hybridized carbons (Fsp3) is 0.471. The molecule has 1 aliphatic rings. The Labute approximate surface area is 157 Å². The summed E-state index contributed by atoms with van der Waals surface area (Å²) in [5, 5.41) is 3.89. The average molecular weight is 395 g/mol. The lowest BCUT2D eigenvalue weighted by Gasteiger charge is -2.32. The van der Waals surface area contributed by atoms with Gasteiger partial charge in [-0.25, -0.2) is 13.1 Å². The van der Waals surface area contributed by atoms with Crippen molar-refractivity contribution in [2.75, 3.05) is 19.6 Å². The molecule has 3 rings (SSSR count). The lowest BCUT2D eigenvalue weighted by molar-refractivity contribution is 0.0680. The van der Waals surface area contributed by atoms with E-state index < -0.39 is 10.0 Å². The molecule has 7 nitrogen and oxygen atoms in total. The number of carbonyl (C=O) groups excluding carboxylic acids is 1. The van der Waals surface area contributed by atoms with Gasteiger partial charge in [-0.1, -0.05) is 34.8 Å². The second-order valence-corrected chi connectivity index (χ2v) is 9.10. The molecule has 2 heterocycles. The summed E-state index contributed by atoms with van der Waals surface area (Å²) in [6.07, 6.45) is 1.76. The molecule has 1 aromatic carbocycles. The molecule has 1 aromatic heterocycles. The first-order valence-electron chi connectivity index (χ1n) is 8.54. The number of nitrogens with zero attached hydrogens (tertiary/aromatic N) is 3. The van der Waals surface area contributed by atoms with Gasteiger partial charge in [0, 0.05) is 19.6 Å². The molecule has 1 aliphatic heterocycles. The van der Waals surface area contributed by atoms with E-state index in [9.17, 15) is 13.2 Å². The fourth-order valence-electron chi connectivity index (χ4n) is 3.08. The monoisotopic (exact) mass is 394 g/mol. The maximum Gasteiger partial charge on any atom is 0.267 e. The van der Waals surface area contributed by atoms with Crippen LogP contribution in [0.4, 0.5) is 0 Å². The molecular weight excluding hydrogens is 372 g/mol. The highest BCUT2D eigenvalue weighted by Gasteiger charge is 2.27. The van der Waals surface area contributed by atoms with Crippen LogP contribution in [0.1, 0.15) is 33.8 Å². The predicted molar refractivity (Wildman–Crippen MR) is 100 cm³/mol. The number of piperidine rings is 1. The van der Waals surface area contributed by atoms with Gasteiger partial charge in [-0.05, 0) is 42.8 Å². The number of carbonyl (C=O) groups is 1. The highest BCUT2D eigenvalue weighted by molar-refractivity contribution is 7.88. The summed E-state index contributed by atoms with van der Waals surface area (Å²) in [6, 6.07) is 9.10. The van der Waals surface area contributed by atoms with Crippen molar-refractivity contribution in [1.82, 2.24) is 19.2 Å². The van der Waals surface area contributed by atoms with E-state index in [-0.39, 0.29) is 17.6 Å². The third-order valence-corrected chi connectivity index (χ3v) is 6.58. The minimum Gasteiger partial charge on any atom is -0.338 e. The largest absolute Gasteiger partial charge is 0.338 e. The minimum absolute atomic E-state index is 0.0328. The highest BCUT2D eigenvalue weighted by atomic mass is 32.2. The number of nitrogens with one attached hydrogen (secondary N) is 1. The van der Waals surface area contributed by atoms with E-state index in [1.807, 2.05) is 18.2 Å². The van der Waals surface area contributed by atoms with Crippen LogP contribution < -0.4 is 4.72 Å². The number of benzene rings is 1. The van der Waals surface area contributed by atoms with Crippen molar-refractivity contribution in [3.05, 3.63) is 46.5 Å². The standard InChI is InChI=1S/C17H22N4O3S2/c1-13-16(25-20-19-13)17(22)21-9-5-8-15(11-21)10-18-26(23,24)12-14-6-3-2-4-7-14/h2-4,6-7,15,18H,5,8-12H2,1H3/t15-/m1/s1. The van der Waals surface area contributed by atoms with Crippen LogP contribution in [0.5, 0.6) is 0 Å². The lowest BCUT2D eigenvalue weighted by Crippen LogP contribution is -2.43. The normalized spacial score (nSPS) is 18.0. The third kappa shape index (κ3) is 4.87. The summed E-state index contributed by atoms with van der Waals surface area (Å²) >= 11 is 1.11. The second-order valence-electron chi connectivity index (χ2n) is 6.54. The average Bonchev–Trinajstić information content (AvgIpc) is 3.06. The Bertz CT molecular complexity index is 852. The molecule has 0 saturated carbocycles. The summed E-state index contributed by atoms with van der Waals surface area (Å²) < 4.78 is 31.1. The van der Waals surface area contributed by atoms with Crippen molar-refractivity contribution in [3.63, 3.8) is 0 Å². The molecule has 0 radical (unpaired) electrons. The zero-order chi connectivity index (χ0) is 18.6. The summed E-state index contributed by atoms with van der Waals surface area (Å²) in [5.74, 6) is 0.0170. The van der Waals surface area contributed by atoms with Gasteiger partial charge < -0.3 is 4.90 Å². The van der Waals surface area contributed by atoms with E-state index >= 15 is 0 Å². The Morgan fingerprint density at radius 1 is 1.35 bits per heavy atom. The van der Waals surface area contributed by atoms with Gasteiger partial charge in [0.05, 0.1) is 11.4 Å². The molecule has 2 aromatic rings. The van der Waals surface area contributed by atoms with Gasteiger partial charge in [0.1, 0.15) is 4.88 Å². The zero-order valence-electron chi connectivity index (χ0n) is 14.6. The first-order chi connectivity index (χ1) is 12.4. The van der Waals surface area contributed by atoms with E-state index in [1.54, 1.807) is 24.0 Å². The number of sulfonamides is 1. The Morgan fingerprint density at radius 3 is 2.81 bits per heavy atom. The molecule has 0 spiro atoms. The molecular formula is C17H22N4O3S2. The Hall–Kier alpha value is -1.84. The summed E-state index contributed by atoms with van der Waals surface area (Å²) in [4.78, 5) is 14.9. The number of likely N-dealkylation sites (tertiary alicyclic amines) is 1. The molecule has 1 amide bonds. The maximum atomic E-state index is 12.6. The first-order valence-corrected chi connectivity index (χ1v) is 11.0. The van der Waals surface area contributed by atoms with Gasteiger partial charge >= 0.3 is 0 Å². The van der Waals surface area contributed by atoms with E-state index in [0.717, 1.165) is 29.9 Å². The number of hydrogen-bond acceptors (Lipinski definition) is 6. The number of rotatable bonds is 6. The molecule has 0 aliphatic carbocycles. The van der Waals surface area contributed by atoms with Gasteiger partial charge in [0.25, 0.3) is 5.91 Å². The molecule has 1 atom stereocenters. The van der Waals surface area contributed by atoms with Crippen molar-refractivity contribution in [1.29, 1.82) is 0 Å². The fourth-order valence-corrected chi connectivity index (χ4v) is 4.93. The van der Waals surface area contributed by atoms with E-state index in [0.29, 0.717) is 30.2 Å². The third-order valence-electron chi connectivity index (χ3n) is 4.44. The second kappa shape index (κ2) is 8.24. The molecule has 9 heteroatoms. The van der Waals surface area contributed by atoms with Crippen LogP contribution in [-0.2, 0) is 15.8 Å². The number of amides is 1. The quantitative estimate of drug-likeness (QED) is 0.807. The first kappa shape index (κ1) is 18.9. The number of hydrogen-bond donors (Lipinski definition) is 1. The van der Waals surface area contributed by atoms with E-state index in [1.165, 1.54) is 0 Å². The van der Waals surface area contributed by atoms with Crippen LogP contribution in [0.2, 0.25) is 0 Å². The number of aromatic nitrogens is 2. The van der Waals surface area contributed by atoms with Crippen LogP contribution in [0.15, 0.2) is 30.3 Å². The Morgan fingerprint density at radius 2 is 2.12 bits per heavy atom. The van der Waals surface area contributed by atoms with Crippen LogP contribution >= 0.6 is 11.5 Å². The van der Waals surface area contributed by atoms with Crippen molar-refractivity contribution < 1.29 is 13.2 Å². The van der Waals surface area contributed by atoms with Gasteiger partial charge in [-0.15, -0.1) is 5.10 Å². The van der Waals surface area contributed by atoms with Crippen molar-refractivity contribution in [3.8, 4) is 0 Å². The predicted octanol–water partition coefficient (Wildman–Crippen LogP) is 1.82. The van der Waals surface area contributed by atoms with Gasteiger partial charge in [0.15, 0.2) is 0 Å². The molecule has 0 bridgehead atoms. The molecule has 1 N–H and O–H groups in total. The maximum absolute atomic E-state index is 12.6. The molecule has 26 heavy (non-hydrogen) atoms. The van der Waals surface area contributed by atoms with E-state index in [2.05, 4.69) is 14.3 Å². The summed E-state index contributed by atoms with van der Waals surface area (Å²) in [7, 11) is -3.39. The summed E-state index contributed by atoms with van der Waals surface area (Å²) in [5.41, 5.74) is 1.40. The van der Waals surface area contributed by atoms with Gasteiger partial charge in [-0.2, -0.15) is 0 Å². The van der Waals surface area contributed by atoms with Crippen LogP contribution in [0, 0.1) is 12.8 Å². The summed E-state index contributed by atoms with van der Waals surface area (Å²) in [6.45, 7) is 3.35. The molecule has 1 fully saturated rings. The number of aryl methyl sites for hydroxylation is 1. The van der Waals surface area contributed by atoms with Crippen molar-refractivity contribution >= 4 is 27.5 Å².